The number of carbonyl (C=O) groups excluding carboxylic acids is 2. The van der Waals surface area contributed by atoms with E-state index in [-0.39, 0.29) is 74.9 Å². The van der Waals surface area contributed by atoms with Crippen LogP contribution in [-0.2, 0) is 34.1 Å². The Kier molecular flexibility index (Phi) is 18.0. The molecular formula is C62H63N5O12. The zero-order valence-corrected chi connectivity index (χ0v) is 43.6. The molecule has 6 atom stereocenters. The summed E-state index contributed by atoms with van der Waals surface area (Å²) in [6, 6.07) is 39.5. The number of non-ortho nitro benzene ring substituents is 2. The number of aliphatic hydroxyl groups excluding tert-OH is 2. The molecule has 3 N–H and O–H groups in total. The number of nitrogens with one attached hydrogen (secondary N) is 1. The lowest BCUT2D eigenvalue weighted by Gasteiger charge is -2.60. The number of nitro groups is 2. The van der Waals surface area contributed by atoms with Gasteiger partial charge in [0.05, 0.1) is 28.1 Å². The van der Waals surface area contributed by atoms with Crippen LogP contribution in [0.3, 0.4) is 0 Å². The van der Waals surface area contributed by atoms with Crippen LogP contribution in [0.2, 0.25) is 0 Å². The SMILES string of the molecule is C=CCOC12Oc3ccc(OC(=O)NCc4ccccc4)cc3C3C(CCCCO)C(CCCCO)C=C(C(=NOCc4ccc([N+](=O)[O-])cc4)CC1N(Cc1cccc4ccccc14)C(=O)C=Cc1ccc([N+](=O)[O-])cc1)C32. The third-order valence-electron chi connectivity index (χ3n) is 15.1. The molecule has 6 unspecified atom stereocenters. The molecule has 2 aliphatic carbocycles. The number of rotatable bonds is 24. The Hall–Kier alpha value is -8.51. The van der Waals surface area contributed by atoms with Crippen molar-refractivity contribution in [2.75, 3.05) is 19.8 Å². The molecule has 0 bridgehead atoms. The fourth-order valence-electron chi connectivity index (χ4n) is 11.4. The molecule has 17 heteroatoms. The standard InChI is InChI=1S/C62H63N5O12/c1-2-35-76-62-57(65(40-47-18-12-17-45-15-6-7-19-51(45)47)58(70)32-25-42-21-26-48(27-22-42)66(72)73)38-55(64-77-41-44-23-28-49(29-24-44)67(74)75)53-36-46(16-8-10-33-68)52(20-9-11-34-69)59(60(53)62)54-37-50(30-31-56(54)79-62)78-61(71)63-39-43-13-4-3-5-14-43/h2-7,12-15,17-19,21-32,36-37,46,52,57,59-60,68-69H,1,8-11,16,20,33-35,38-41H2,(H,63,71). The van der Waals surface area contributed by atoms with Crippen molar-refractivity contribution < 1.29 is 48.7 Å². The Morgan fingerprint density at radius 3 is 2.24 bits per heavy atom. The summed E-state index contributed by atoms with van der Waals surface area (Å²) in [4.78, 5) is 59.3. The normalized spacial score (nSPS) is 20.6. The maximum Gasteiger partial charge on any atom is 0.412 e. The van der Waals surface area contributed by atoms with Crippen molar-refractivity contribution in [3.63, 3.8) is 0 Å². The summed E-state index contributed by atoms with van der Waals surface area (Å²) in [7, 11) is 0. The van der Waals surface area contributed by atoms with Crippen molar-refractivity contribution in [2.45, 2.75) is 82.4 Å². The number of carbonyl (C=O) groups is 2. The van der Waals surface area contributed by atoms with Crippen LogP contribution in [0, 0.1) is 38.0 Å². The number of oxime groups is 1. The molecule has 79 heavy (non-hydrogen) atoms. The van der Waals surface area contributed by atoms with E-state index in [0.717, 1.165) is 33.0 Å². The lowest BCUT2D eigenvalue weighted by atomic mass is 9.55. The van der Waals surface area contributed by atoms with Crippen molar-refractivity contribution >= 4 is 45.9 Å². The smallest absolute Gasteiger partial charge is 0.412 e. The second-order valence-corrected chi connectivity index (χ2v) is 20.0. The third kappa shape index (κ3) is 12.8. The maximum atomic E-state index is 15.6. The lowest BCUT2D eigenvalue weighted by Crippen LogP contribution is -2.70. The topological polar surface area (TPSA) is 225 Å². The predicted octanol–water partition coefficient (Wildman–Crippen LogP) is 11.5. The lowest BCUT2D eigenvalue weighted by molar-refractivity contribution is -0.385. The Labute approximate surface area is 457 Å². The molecule has 1 saturated carbocycles. The van der Waals surface area contributed by atoms with Crippen molar-refractivity contribution in [1.29, 1.82) is 0 Å². The van der Waals surface area contributed by atoms with Gasteiger partial charge in [0.25, 0.3) is 11.4 Å². The van der Waals surface area contributed by atoms with E-state index < -0.39 is 45.5 Å². The first kappa shape index (κ1) is 55.3. The Morgan fingerprint density at radius 1 is 0.823 bits per heavy atom. The quantitative estimate of drug-likeness (QED) is 0.0169. The molecule has 0 aromatic heterocycles. The van der Waals surface area contributed by atoms with Crippen molar-refractivity contribution in [2.24, 2.45) is 22.9 Å². The van der Waals surface area contributed by atoms with Crippen LogP contribution < -0.4 is 14.8 Å². The molecule has 1 heterocycles. The highest BCUT2D eigenvalue weighted by atomic mass is 16.7. The predicted molar refractivity (Wildman–Crippen MR) is 299 cm³/mol. The number of hydrogen-bond donors (Lipinski definition) is 3. The summed E-state index contributed by atoms with van der Waals surface area (Å²) < 4.78 is 20.7. The van der Waals surface area contributed by atoms with Gasteiger partial charge in [-0.15, -0.1) is 6.58 Å². The van der Waals surface area contributed by atoms with Crippen molar-refractivity contribution in [3.05, 3.63) is 218 Å². The van der Waals surface area contributed by atoms with Crippen LogP contribution in [0.15, 0.2) is 175 Å². The van der Waals surface area contributed by atoms with E-state index in [1.807, 2.05) is 78.9 Å². The second-order valence-electron chi connectivity index (χ2n) is 20.0. The van der Waals surface area contributed by atoms with Crippen LogP contribution in [0.5, 0.6) is 11.5 Å². The average molecular weight is 1070 g/mol. The molecule has 0 radical (unpaired) electrons. The number of fused-ring (bicyclic) bond motifs is 3. The van der Waals surface area contributed by atoms with E-state index in [1.54, 1.807) is 53.5 Å². The van der Waals surface area contributed by atoms with Gasteiger partial charge >= 0.3 is 6.09 Å². The van der Waals surface area contributed by atoms with E-state index in [2.05, 4.69) is 18.0 Å². The van der Waals surface area contributed by atoms with Crippen molar-refractivity contribution in [1.82, 2.24) is 10.2 Å². The highest BCUT2D eigenvalue weighted by Gasteiger charge is 2.65. The number of amides is 2. The Bertz CT molecular complexity index is 3230. The summed E-state index contributed by atoms with van der Waals surface area (Å²) in [5.74, 6) is -2.83. The van der Waals surface area contributed by atoms with Crippen molar-refractivity contribution in [3.8, 4) is 11.5 Å². The minimum absolute atomic E-state index is 0.00171. The van der Waals surface area contributed by atoms with Crippen LogP contribution in [0.1, 0.15) is 78.7 Å². The van der Waals surface area contributed by atoms with Crippen LogP contribution >= 0.6 is 0 Å². The molecule has 2 amide bonds. The molecule has 1 fully saturated rings. The van der Waals surface area contributed by atoms with Gasteiger partial charge in [0.1, 0.15) is 24.1 Å². The largest absolute Gasteiger partial charge is 0.459 e. The fourth-order valence-corrected chi connectivity index (χ4v) is 11.4. The summed E-state index contributed by atoms with van der Waals surface area (Å²) in [6.45, 7) is 4.32. The minimum atomic E-state index is -1.67. The van der Waals surface area contributed by atoms with Crippen LogP contribution in [0.25, 0.3) is 16.8 Å². The summed E-state index contributed by atoms with van der Waals surface area (Å²) >= 11 is 0. The number of hydrogen-bond acceptors (Lipinski definition) is 13. The first-order valence-electron chi connectivity index (χ1n) is 26.6. The van der Waals surface area contributed by atoms with Gasteiger partial charge < -0.3 is 39.5 Å². The van der Waals surface area contributed by atoms with Crippen LogP contribution in [-0.4, -0.2) is 74.3 Å². The van der Waals surface area contributed by atoms with Crippen LogP contribution in [0.4, 0.5) is 16.2 Å². The molecule has 408 valence electrons. The van der Waals surface area contributed by atoms with E-state index in [9.17, 15) is 35.2 Å². The van der Waals surface area contributed by atoms with Gasteiger partial charge in [0.2, 0.25) is 11.7 Å². The molecule has 9 rings (SSSR count). The Balaban J connectivity index is 1.23. The molecule has 1 aliphatic heterocycles. The molecule has 0 spiro atoms. The van der Waals surface area contributed by atoms with Gasteiger partial charge in [-0.3, -0.25) is 25.0 Å². The Morgan fingerprint density at radius 2 is 1.52 bits per heavy atom. The van der Waals surface area contributed by atoms with E-state index in [1.165, 1.54) is 30.3 Å². The summed E-state index contributed by atoms with van der Waals surface area (Å²) in [6.07, 6.45) is 10.1. The number of allylic oxidation sites excluding steroid dienone is 1. The molecule has 17 nitrogen and oxygen atoms in total. The molecule has 0 saturated heterocycles. The first-order valence-corrected chi connectivity index (χ1v) is 26.6. The number of ether oxygens (including phenoxy) is 3. The van der Waals surface area contributed by atoms with Gasteiger partial charge in [-0.2, -0.15) is 0 Å². The molecular weight excluding hydrogens is 1010 g/mol. The van der Waals surface area contributed by atoms with Gasteiger partial charge in [-0.05, 0) is 125 Å². The van der Waals surface area contributed by atoms with E-state index in [4.69, 9.17) is 24.2 Å². The first-order chi connectivity index (χ1) is 38.5. The van der Waals surface area contributed by atoms with Gasteiger partial charge in [0.15, 0.2) is 0 Å². The van der Waals surface area contributed by atoms with E-state index in [0.29, 0.717) is 61.1 Å². The van der Waals surface area contributed by atoms with Gasteiger partial charge in [-0.1, -0.05) is 103 Å². The maximum absolute atomic E-state index is 15.6. The van der Waals surface area contributed by atoms with E-state index >= 15 is 4.79 Å². The molecule has 3 aliphatic rings. The second kappa shape index (κ2) is 25.8. The zero-order valence-electron chi connectivity index (χ0n) is 43.6. The number of benzene rings is 6. The highest BCUT2D eigenvalue weighted by molar-refractivity contribution is 6.03. The molecule has 6 aromatic rings. The highest BCUT2D eigenvalue weighted by Crippen LogP contribution is 2.62. The third-order valence-corrected chi connectivity index (χ3v) is 15.1. The molecule has 6 aromatic carbocycles. The number of nitrogens with zero attached hydrogens (tertiary/aromatic N) is 4. The average Bonchev–Trinajstić information content (AvgIpc) is 3.65. The minimum Gasteiger partial charge on any atom is -0.459 e. The van der Waals surface area contributed by atoms with Gasteiger partial charge in [-0.25, -0.2) is 4.79 Å². The summed E-state index contributed by atoms with van der Waals surface area (Å²) in [5, 5.41) is 53.0. The van der Waals surface area contributed by atoms with Gasteiger partial charge in [0, 0.05) is 74.5 Å². The number of aliphatic hydroxyl groups is 2. The fraction of sp³-hybridized carbons (Fsp3) is 0.306. The monoisotopic (exact) mass is 1070 g/mol. The number of nitro benzene ring substituents is 2. The summed E-state index contributed by atoms with van der Waals surface area (Å²) in [5.41, 5.74) is 4.75. The zero-order chi connectivity index (χ0) is 55.3. The number of unbranched alkanes of at least 4 members (excludes halogenated alkanes) is 2.